The molecule has 1 atom stereocenters. The molecule has 2 aromatic carbocycles. The van der Waals surface area contributed by atoms with Gasteiger partial charge in [-0.3, -0.25) is 9.52 Å². The zero-order valence-electron chi connectivity index (χ0n) is 23.1. The number of hydrogen-bond acceptors (Lipinski definition) is 4. The van der Waals surface area contributed by atoms with E-state index in [0.29, 0.717) is 0 Å². The van der Waals surface area contributed by atoms with Gasteiger partial charge in [0.1, 0.15) is 5.75 Å². The van der Waals surface area contributed by atoms with Crippen molar-refractivity contribution in [3.8, 4) is 5.75 Å². The van der Waals surface area contributed by atoms with Crippen molar-refractivity contribution in [3.63, 3.8) is 0 Å². The van der Waals surface area contributed by atoms with Gasteiger partial charge in [0.05, 0.1) is 12.3 Å². The second-order valence-corrected chi connectivity index (χ2v) is 11.3. The Labute approximate surface area is 228 Å². The molecule has 0 unspecified atom stereocenters. The van der Waals surface area contributed by atoms with E-state index in [4.69, 9.17) is 4.74 Å². The van der Waals surface area contributed by atoms with Crippen LogP contribution in [0.15, 0.2) is 48.0 Å². The van der Waals surface area contributed by atoms with Gasteiger partial charge in [-0.25, -0.2) is 0 Å². The van der Waals surface area contributed by atoms with E-state index in [2.05, 4.69) is 53.8 Å². The summed E-state index contributed by atoms with van der Waals surface area (Å²) < 4.78 is 9.62. The average molecular weight is 521 g/mol. The van der Waals surface area contributed by atoms with Gasteiger partial charge in [-0.2, -0.15) is 0 Å². The van der Waals surface area contributed by atoms with Crippen molar-refractivity contribution in [2.75, 3.05) is 18.9 Å². The fourth-order valence-corrected chi connectivity index (χ4v) is 5.79. The third-order valence-corrected chi connectivity index (χ3v) is 8.38. The van der Waals surface area contributed by atoms with Crippen molar-refractivity contribution in [3.05, 3.63) is 70.3 Å². The van der Waals surface area contributed by atoms with Gasteiger partial charge in [0, 0.05) is 29.5 Å². The number of benzene rings is 2. The van der Waals surface area contributed by atoms with Crippen LogP contribution in [-0.4, -0.2) is 29.7 Å². The molecule has 0 bridgehead atoms. The first-order valence-electron chi connectivity index (χ1n) is 14.3. The van der Waals surface area contributed by atoms with E-state index >= 15 is 0 Å². The second kappa shape index (κ2) is 13.5. The summed E-state index contributed by atoms with van der Waals surface area (Å²) in [5.74, 6) is 3.04. The highest BCUT2D eigenvalue weighted by Gasteiger charge is 2.34. The van der Waals surface area contributed by atoms with E-state index < -0.39 is 0 Å². The van der Waals surface area contributed by atoms with Gasteiger partial charge >= 0.3 is 0 Å². The summed E-state index contributed by atoms with van der Waals surface area (Å²) >= 11 is 1.81. The fraction of sp³-hybridized carbons (Fsp3) is 0.531. The Balaban J connectivity index is 0.00000156. The summed E-state index contributed by atoms with van der Waals surface area (Å²) in [4.78, 5) is 15.1. The normalized spacial score (nSPS) is 17.2. The highest BCUT2D eigenvalue weighted by atomic mass is 32.2. The molecule has 2 saturated carbocycles. The van der Waals surface area contributed by atoms with E-state index in [1.807, 2.05) is 26.0 Å². The molecule has 3 aliphatic rings. The number of carbonyl (C=O) groups is 1. The standard InChI is InChI=1S/C30H38N2O2S.C2H6/c1-21-17-25(19-26(18-21)34-20-23-13-14-23)22(2)31-35-16-7-3-6-15-32-29(24-9-8-10-24)27-11-4-5-12-28(27)30(32)33;1-2/h4-5,11-12,17-19,22-23,31H,3,6-10,13-16,20H2,1-2H3;1-2H3/t22-;/m0./s1. The number of unbranched alkanes of at least 4 members (excludes halogenated alkanes) is 2. The third-order valence-electron chi connectivity index (χ3n) is 7.36. The highest BCUT2D eigenvalue weighted by molar-refractivity contribution is 7.97. The Morgan fingerprint density at radius 3 is 2.51 bits per heavy atom. The van der Waals surface area contributed by atoms with Gasteiger partial charge in [0.25, 0.3) is 5.91 Å². The van der Waals surface area contributed by atoms with Crippen LogP contribution in [0.2, 0.25) is 0 Å². The van der Waals surface area contributed by atoms with Crippen molar-refractivity contribution in [1.29, 1.82) is 0 Å². The van der Waals surface area contributed by atoms with Crippen LogP contribution < -0.4 is 9.46 Å². The monoisotopic (exact) mass is 520 g/mol. The van der Waals surface area contributed by atoms with Crippen LogP contribution in [0, 0.1) is 12.8 Å². The van der Waals surface area contributed by atoms with Crippen molar-refractivity contribution in [2.45, 2.75) is 85.1 Å². The summed E-state index contributed by atoms with van der Waals surface area (Å²) in [6.45, 7) is 10.0. The first-order valence-corrected chi connectivity index (χ1v) is 15.3. The lowest BCUT2D eigenvalue weighted by Crippen LogP contribution is -2.26. The van der Waals surface area contributed by atoms with Crippen LogP contribution in [0.5, 0.6) is 5.75 Å². The maximum absolute atomic E-state index is 13.0. The van der Waals surface area contributed by atoms with E-state index in [9.17, 15) is 4.79 Å². The largest absolute Gasteiger partial charge is 0.493 e. The maximum atomic E-state index is 13.0. The van der Waals surface area contributed by atoms with Gasteiger partial charge in [-0.1, -0.05) is 56.5 Å². The number of allylic oxidation sites excluding steroid dienone is 1. The number of carbonyl (C=O) groups excluding carboxylic acids is 1. The lowest BCUT2D eigenvalue weighted by atomic mass is 9.88. The molecule has 1 aliphatic heterocycles. The molecule has 1 amide bonds. The minimum atomic E-state index is 0.193. The summed E-state index contributed by atoms with van der Waals surface area (Å²) in [7, 11) is 0. The predicted octanol–water partition coefficient (Wildman–Crippen LogP) is 8.33. The Hall–Kier alpha value is -2.24. The van der Waals surface area contributed by atoms with Crippen LogP contribution in [0.25, 0.3) is 5.70 Å². The van der Waals surface area contributed by atoms with E-state index in [-0.39, 0.29) is 11.9 Å². The summed E-state index contributed by atoms with van der Waals surface area (Å²) in [6, 6.07) is 15.0. The second-order valence-electron chi connectivity index (χ2n) is 10.4. The van der Waals surface area contributed by atoms with Crippen LogP contribution in [-0.2, 0) is 0 Å². The fourth-order valence-electron chi connectivity index (χ4n) is 4.93. The van der Waals surface area contributed by atoms with E-state index in [0.717, 1.165) is 73.8 Å². The molecule has 0 saturated heterocycles. The Morgan fingerprint density at radius 2 is 1.81 bits per heavy atom. The average Bonchev–Trinajstić information content (AvgIpc) is 3.68. The lowest BCUT2D eigenvalue weighted by Gasteiger charge is -2.26. The number of rotatable bonds is 12. The smallest absolute Gasteiger partial charge is 0.258 e. The van der Waals surface area contributed by atoms with Crippen LogP contribution >= 0.6 is 11.9 Å². The number of nitrogens with zero attached hydrogens (tertiary/aromatic N) is 1. The first kappa shape index (κ1) is 27.8. The molecule has 0 spiro atoms. The van der Waals surface area contributed by atoms with Gasteiger partial charge in [0.15, 0.2) is 0 Å². The van der Waals surface area contributed by atoms with Gasteiger partial charge in [-0.05, 0) is 99.6 Å². The number of ether oxygens (including phenoxy) is 1. The van der Waals surface area contributed by atoms with Crippen LogP contribution in [0.4, 0.5) is 0 Å². The van der Waals surface area contributed by atoms with Crippen molar-refractivity contribution in [1.82, 2.24) is 9.62 Å². The number of hydrogen-bond donors (Lipinski definition) is 1. The number of aryl methyl sites for hydroxylation is 1. The van der Waals surface area contributed by atoms with Gasteiger partial charge in [0.2, 0.25) is 0 Å². The molecule has 0 aromatic heterocycles. The quantitative estimate of drug-likeness (QED) is 0.226. The first-order chi connectivity index (χ1) is 18.1. The molecule has 5 rings (SSSR count). The maximum Gasteiger partial charge on any atom is 0.258 e. The molecular formula is C32H44N2O2S. The molecule has 2 aliphatic carbocycles. The molecule has 1 N–H and O–H groups in total. The van der Waals surface area contributed by atoms with Crippen LogP contribution in [0.3, 0.4) is 0 Å². The molecule has 0 radical (unpaired) electrons. The van der Waals surface area contributed by atoms with Crippen molar-refractivity contribution < 1.29 is 9.53 Å². The number of fused-ring (bicyclic) bond motifs is 1. The molecule has 2 fully saturated rings. The highest BCUT2D eigenvalue weighted by Crippen LogP contribution is 2.41. The van der Waals surface area contributed by atoms with Crippen LogP contribution in [0.1, 0.15) is 105 Å². The molecule has 200 valence electrons. The molecular weight excluding hydrogens is 476 g/mol. The molecule has 2 aromatic rings. The minimum Gasteiger partial charge on any atom is -0.493 e. The predicted molar refractivity (Wildman–Crippen MR) is 157 cm³/mol. The van der Waals surface area contributed by atoms with E-state index in [1.54, 1.807) is 11.9 Å². The van der Waals surface area contributed by atoms with E-state index in [1.165, 1.54) is 41.7 Å². The Kier molecular flexibility index (Phi) is 10.2. The zero-order valence-corrected chi connectivity index (χ0v) is 24.0. The number of nitrogens with one attached hydrogen (secondary N) is 1. The molecule has 1 heterocycles. The molecule has 4 nitrogen and oxygen atoms in total. The molecule has 5 heteroatoms. The van der Waals surface area contributed by atoms with Crippen molar-refractivity contribution >= 4 is 23.6 Å². The topological polar surface area (TPSA) is 41.6 Å². The Bertz CT molecular complexity index is 1090. The number of amides is 1. The third kappa shape index (κ3) is 7.20. The van der Waals surface area contributed by atoms with Gasteiger partial charge < -0.3 is 9.64 Å². The SMILES string of the molecule is CC.Cc1cc(OCC2CC2)cc([C@H](C)NSCCCCCN2C(=O)c3ccccc3C2=C2CCC2)c1. The minimum absolute atomic E-state index is 0.193. The molecule has 37 heavy (non-hydrogen) atoms. The Morgan fingerprint density at radius 1 is 1.05 bits per heavy atom. The summed E-state index contributed by atoms with van der Waals surface area (Å²) in [5, 5.41) is 0. The van der Waals surface area contributed by atoms with Gasteiger partial charge in [-0.15, -0.1) is 0 Å². The lowest BCUT2D eigenvalue weighted by molar-refractivity contribution is 0.0847. The summed E-state index contributed by atoms with van der Waals surface area (Å²) in [6.07, 6.45) is 9.49. The van der Waals surface area contributed by atoms with Crippen molar-refractivity contribution in [2.24, 2.45) is 5.92 Å². The zero-order chi connectivity index (χ0) is 26.2. The summed E-state index contributed by atoms with van der Waals surface area (Å²) in [5.41, 5.74) is 7.26.